The second-order valence-electron chi connectivity index (χ2n) is 10.8. The van der Waals surface area contributed by atoms with Gasteiger partial charge in [0.15, 0.2) is 9.04 Å². The lowest BCUT2D eigenvalue weighted by molar-refractivity contribution is 0.0143. The average molecular weight is 401 g/mol. The summed E-state index contributed by atoms with van der Waals surface area (Å²) in [6, 6.07) is 0. The molecule has 0 aromatic heterocycles. The van der Waals surface area contributed by atoms with E-state index in [9.17, 15) is 4.79 Å². The van der Waals surface area contributed by atoms with E-state index >= 15 is 0 Å². The van der Waals surface area contributed by atoms with Crippen LogP contribution >= 0.6 is 0 Å². The van der Waals surface area contributed by atoms with E-state index in [0.29, 0.717) is 24.3 Å². The van der Waals surface area contributed by atoms with Crippen LogP contribution in [0.1, 0.15) is 55.4 Å². The van der Waals surface area contributed by atoms with E-state index < -0.39 is 14.6 Å². The summed E-state index contributed by atoms with van der Waals surface area (Å²) in [6.45, 7) is 24.8. The third-order valence-electron chi connectivity index (χ3n) is 4.76. The minimum Gasteiger partial charge on any atom is -0.444 e. The first kappa shape index (κ1) is 24.4. The number of hydrogen-bond acceptors (Lipinski definition) is 4. The standard InChI is InChI=1S/C21H44N2O3Si/c1-15(2)11-22-12-16-13-23(19(24)25-21(6,7)8)14-17(16)18(20(3,4)5)26-27(9)10/h15-18,22,27H,11-14H2,1-10H3. The Kier molecular flexibility index (Phi) is 8.82. The molecule has 0 saturated carbocycles. The maximum absolute atomic E-state index is 12.7. The number of carbonyl (C=O) groups is 1. The fraction of sp³-hybridized carbons (Fsp3) is 0.952. The Bertz CT molecular complexity index is 469. The van der Waals surface area contributed by atoms with E-state index in [2.05, 4.69) is 53.0 Å². The Hall–Kier alpha value is -0.593. The second-order valence-corrected chi connectivity index (χ2v) is 13.2. The fourth-order valence-corrected chi connectivity index (χ4v) is 4.93. The molecule has 1 amide bonds. The molecule has 27 heavy (non-hydrogen) atoms. The van der Waals surface area contributed by atoms with Crippen molar-refractivity contribution in [3.05, 3.63) is 0 Å². The molecular formula is C21H44N2O3Si. The van der Waals surface area contributed by atoms with Gasteiger partial charge in [0.2, 0.25) is 0 Å². The molecule has 0 spiro atoms. The molecule has 0 radical (unpaired) electrons. The van der Waals surface area contributed by atoms with Crippen molar-refractivity contribution in [2.75, 3.05) is 26.2 Å². The molecule has 1 N–H and O–H groups in total. The molecule has 160 valence electrons. The molecule has 0 aliphatic carbocycles. The molecule has 0 aromatic rings. The molecule has 1 fully saturated rings. The first-order chi connectivity index (χ1) is 12.2. The van der Waals surface area contributed by atoms with Crippen LogP contribution in [0.25, 0.3) is 0 Å². The molecule has 5 nitrogen and oxygen atoms in total. The van der Waals surface area contributed by atoms with Crippen LogP contribution in [0, 0.1) is 23.2 Å². The minimum absolute atomic E-state index is 0.0438. The van der Waals surface area contributed by atoms with Gasteiger partial charge in [-0.3, -0.25) is 0 Å². The zero-order chi connectivity index (χ0) is 21.0. The molecule has 1 aliphatic heterocycles. The van der Waals surface area contributed by atoms with E-state index in [1.54, 1.807) is 0 Å². The van der Waals surface area contributed by atoms with Gasteiger partial charge in [-0.05, 0) is 57.7 Å². The minimum atomic E-state index is -1.19. The summed E-state index contributed by atoms with van der Waals surface area (Å²) in [6.07, 6.45) is -0.0456. The summed E-state index contributed by atoms with van der Waals surface area (Å²) >= 11 is 0. The quantitative estimate of drug-likeness (QED) is 0.653. The first-order valence-electron chi connectivity index (χ1n) is 10.5. The largest absolute Gasteiger partial charge is 0.444 e. The lowest BCUT2D eigenvalue weighted by Crippen LogP contribution is -2.44. The van der Waals surface area contributed by atoms with Gasteiger partial charge >= 0.3 is 6.09 Å². The van der Waals surface area contributed by atoms with Gasteiger partial charge < -0.3 is 19.4 Å². The van der Waals surface area contributed by atoms with Gasteiger partial charge in [-0.2, -0.15) is 0 Å². The SMILES string of the molecule is CC(C)CNCC1CN(C(=O)OC(C)(C)C)CC1C(O[SiH](C)C)C(C)(C)C. The third-order valence-corrected chi connectivity index (χ3v) is 5.60. The molecule has 1 saturated heterocycles. The maximum Gasteiger partial charge on any atom is 0.410 e. The summed E-state index contributed by atoms with van der Waals surface area (Å²) < 4.78 is 12.2. The van der Waals surface area contributed by atoms with Gasteiger partial charge in [-0.25, -0.2) is 4.79 Å². The van der Waals surface area contributed by atoms with Crippen LogP contribution in [0.4, 0.5) is 4.79 Å². The molecule has 1 aliphatic rings. The average Bonchev–Trinajstić information content (AvgIpc) is 2.85. The molecule has 0 bridgehead atoms. The van der Waals surface area contributed by atoms with Crippen LogP contribution in [0.5, 0.6) is 0 Å². The van der Waals surface area contributed by atoms with Crippen LogP contribution in [0.2, 0.25) is 13.1 Å². The number of rotatable bonds is 7. The number of carbonyl (C=O) groups excluding carboxylic acids is 1. The third kappa shape index (κ3) is 8.53. The van der Waals surface area contributed by atoms with Gasteiger partial charge in [-0.15, -0.1) is 0 Å². The second kappa shape index (κ2) is 9.75. The number of likely N-dealkylation sites (tertiary alicyclic amines) is 1. The smallest absolute Gasteiger partial charge is 0.410 e. The normalized spacial score (nSPS) is 22.6. The molecule has 6 heteroatoms. The molecule has 3 unspecified atom stereocenters. The lowest BCUT2D eigenvalue weighted by atomic mass is 9.77. The number of nitrogens with one attached hydrogen (secondary N) is 1. The van der Waals surface area contributed by atoms with Gasteiger partial charge in [0.1, 0.15) is 5.60 Å². The first-order valence-corrected chi connectivity index (χ1v) is 13.3. The monoisotopic (exact) mass is 400 g/mol. The Morgan fingerprint density at radius 1 is 1.15 bits per heavy atom. The fourth-order valence-electron chi connectivity index (χ4n) is 3.73. The van der Waals surface area contributed by atoms with E-state index in [4.69, 9.17) is 9.16 Å². The summed E-state index contributed by atoms with van der Waals surface area (Å²) in [5.74, 6) is 1.32. The highest BCUT2D eigenvalue weighted by atomic mass is 28.3. The lowest BCUT2D eigenvalue weighted by Gasteiger charge is -2.39. The topological polar surface area (TPSA) is 50.8 Å². The van der Waals surface area contributed by atoms with Crippen molar-refractivity contribution in [2.24, 2.45) is 23.2 Å². The van der Waals surface area contributed by atoms with Crippen molar-refractivity contribution >= 4 is 15.1 Å². The molecule has 0 aromatic carbocycles. The van der Waals surface area contributed by atoms with Crippen LogP contribution in [-0.2, 0) is 9.16 Å². The zero-order valence-corrected chi connectivity index (χ0v) is 20.5. The predicted molar refractivity (Wildman–Crippen MR) is 116 cm³/mol. The summed E-state index contributed by atoms with van der Waals surface area (Å²) in [7, 11) is -1.19. The van der Waals surface area contributed by atoms with Crippen molar-refractivity contribution in [1.29, 1.82) is 0 Å². The molecule has 1 heterocycles. The Morgan fingerprint density at radius 2 is 1.74 bits per heavy atom. The van der Waals surface area contributed by atoms with Crippen molar-refractivity contribution in [3.63, 3.8) is 0 Å². The number of amides is 1. The number of ether oxygens (including phenoxy) is 1. The van der Waals surface area contributed by atoms with Gasteiger partial charge in [0, 0.05) is 25.6 Å². The number of hydrogen-bond donors (Lipinski definition) is 1. The highest BCUT2D eigenvalue weighted by Gasteiger charge is 2.45. The maximum atomic E-state index is 12.7. The van der Waals surface area contributed by atoms with Crippen LogP contribution in [0.3, 0.4) is 0 Å². The predicted octanol–water partition coefficient (Wildman–Crippen LogP) is 4.13. The summed E-state index contributed by atoms with van der Waals surface area (Å²) in [5.41, 5.74) is -0.423. The molecule has 1 rings (SSSR count). The van der Waals surface area contributed by atoms with Crippen molar-refractivity contribution < 1.29 is 14.0 Å². The van der Waals surface area contributed by atoms with Crippen LogP contribution in [0.15, 0.2) is 0 Å². The summed E-state index contributed by atoms with van der Waals surface area (Å²) in [4.78, 5) is 14.6. The highest BCUT2D eigenvalue weighted by molar-refractivity contribution is 6.48. The Morgan fingerprint density at radius 3 is 2.19 bits per heavy atom. The Labute approximate surface area is 169 Å². The van der Waals surface area contributed by atoms with E-state index in [1.165, 1.54) is 0 Å². The van der Waals surface area contributed by atoms with E-state index in [1.807, 2.05) is 25.7 Å². The Balaban J connectivity index is 2.97. The zero-order valence-electron chi connectivity index (χ0n) is 19.4. The van der Waals surface area contributed by atoms with E-state index in [0.717, 1.165) is 19.6 Å². The van der Waals surface area contributed by atoms with E-state index in [-0.39, 0.29) is 17.6 Å². The van der Waals surface area contributed by atoms with Gasteiger partial charge in [0.25, 0.3) is 0 Å². The van der Waals surface area contributed by atoms with Crippen LogP contribution < -0.4 is 5.32 Å². The summed E-state index contributed by atoms with van der Waals surface area (Å²) in [5, 5.41) is 3.60. The molecule has 3 atom stereocenters. The number of nitrogens with zero attached hydrogens (tertiary/aromatic N) is 1. The molecular weight excluding hydrogens is 356 g/mol. The van der Waals surface area contributed by atoms with Crippen molar-refractivity contribution in [2.45, 2.75) is 80.2 Å². The van der Waals surface area contributed by atoms with Crippen molar-refractivity contribution in [1.82, 2.24) is 10.2 Å². The van der Waals surface area contributed by atoms with Crippen LogP contribution in [-0.4, -0.2) is 57.9 Å². The van der Waals surface area contributed by atoms with Gasteiger partial charge in [0.05, 0.1) is 6.10 Å². The van der Waals surface area contributed by atoms with Crippen molar-refractivity contribution in [3.8, 4) is 0 Å². The van der Waals surface area contributed by atoms with Gasteiger partial charge in [-0.1, -0.05) is 34.6 Å². The highest BCUT2D eigenvalue weighted by Crippen LogP contribution is 2.37.